The second kappa shape index (κ2) is 9.21. The van der Waals surface area contributed by atoms with Gasteiger partial charge in [0.1, 0.15) is 5.69 Å². The van der Waals surface area contributed by atoms with Crippen molar-refractivity contribution >= 4 is 11.9 Å². The van der Waals surface area contributed by atoms with Gasteiger partial charge in [-0.05, 0) is 31.7 Å². The molecule has 2 aromatic rings. The molecule has 1 aliphatic carbocycles. The van der Waals surface area contributed by atoms with E-state index in [-0.39, 0.29) is 24.1 Å². The number of carbonyl (C=O) groups excluding carboxylic acids is 1. The number of hydrogen-bond donors (Lipinski definition) is 2. The molecule has 30 heavy (non-hydrogen) atoms. The second-order valence-electron chi connectivity index (χ2n) is 7.88. The Morgan fingerprint density at radius 2 is 2.07 bits per heavy atom. The smallest absolute Gasteiger partial charge is 0.312 e. The first-order valence-corrected chi connectivity index (χ1v) is 9.92. The lowest BCUT2D eigenvalue weighted by atomic mass is 9.66. The van der Waals surface area contributed by atoms with Gasteiger partial charge in [-0.1, -0.05) is 5.21 Å². The summed E-state index contributed by atoms with van der Waals surface area (Å²) in [6.45, 7) is 0.791. The van der Waals surface area contributed by atoms with E-state index < -0.39 is 11.4 Å². The normalized spacial score (nSPS) is 20.5. The van der Waals surface area contributed by atoms with E-state index in [1.54, 1.807) is 24.0 Å². The highest BCUT2D eigenvalue weighted by Crippen LogP contribution is 2.41. The molecule has 2 aromatic heterocycles. The molecule has 0 atom stereocenters. The van der Waals surface area contributed by atoms with Crippen molar-refractivity contribution in [3.63, 3.8) is 0 Å². The van der Waals surface area contributed by atoms with Gasteiger partial charge >= 0.3 is 5.97 Å². The van der Waals surface area contributed by atoms with Crippen molar-refractivity contribution in [2.75, 3.05) is 13.7 Å². The van der Waals surface area contributed by atoms with Gasteiger partial charge in [-0.3, -0.25) is 19.1 Å². The van der Waals surface area contributed by atoms with Crippen LogP contribution in [0.5, 0.6) is 0 Å². The van der Waals surface area contributed by atoms with E-state index in [4.69, 9.17) is 4.74 Å². The highest BCUT2D eigenvalue weighted by Gasteiger charge is 2.51. The number of carboxylic acid groups (broad SMARTS) is 1. The Labute approximate surface area is 173 Å². The minimum atomic E-state index is -0.875. The summed E-state index contributed by atoms with van der Waals surface area (Å²) in [6, 6.07) is 3.10. The van der Waals surface area contributed by atoms with Gasteiger partial charge in [0.05, 0.1) is 18.2 Å². The van der Waals surface area contributed by atoms with E-state index in [2.05, 4.69) is 15.6 Å². The Morgan fingerprint density at radius 3 is 2.73 bits per heavy atom. The summed E-state index contributed by atoms with van der Waals surface area (Å²) in [7, 11) is 3.17. The first kappa shape index (κ1) is 21.7. The molecule has 0 radical (unpaired) electrons. The monoisotopic (exact) mass is 417 g/mol. The average molecular weight is 417 g/mol. The standard InChI is InChI=1S/C20H27N5O5/c1-24-11-14(6-7-18(24)27)16-12-25(23-22-16)8-4-3-5-17(26)21-15-9-20(10-15,13-30-2)19(28)29/h6-7,11-12,15H,3-5,8-10,13H2,1-2H3,(H,21,26)(H,28,29). The van der Waals surface area contributed by atoms with E-state index in [1.807, 2.05) is 6.20 Å². The van der Waals surface area contributed by atoms with Crippen LogP contribution in [0.3, 0.4) is 0 Å². The zero-order valence-corrected chi connectivity index (χ0v) is 17.2. The SMILES string of the molecule is COCC1(C(=O)O)CC(NC(=O)CCCCn2cc(-c3ccc(=O)n(C)c3)nn2)C1. The number of carboxylic acids is 1. The topological polar surface area (TPSA) is 128 Å². The third kappa shape index (κ3) is 4.93. The number of ether oxygens (including phenoxy) is 1. The Balaban J connectivity index is 1.38. The molecule has 1 fully saturated rings. The summed E-state index contributed by atoms with van der Waals surface area (Å²) in [4.78, 5) is 34.9. The Hall–Kier alpha value is -3.01. The number of hydrogen-bond acceptors (Lipinski definition) is 6. The molecule has 1 saturated carbocycles. The van der Waals surface area contributed by atoms with Crippen LogP contribution in [0.1, 0.15) is 32.1 Å². The molecule has 2 N–H and O–H groups in total. The number of amides is 1. The zero-order valence-electron chi connectivity index (χ0n) is 17.2. The summed E-state index contributed by atoms with van der Waals surface area (Å²) >= 11 is 0. The highest BCUT2D eigenvalue weighted by molar-refractivity contribution is 5.79. The fourth-order valence-electron chi connectivity index (χ4n) is 3.76. The Kier molecular flexibility index (Phi) is 6.66. The maximum Gasteiger partial charge on any atom is 0.312 e. The van der Waals surface area contributed by atoms with Crippen LogP contribution in [0.15, 0.2) is 29.3 Å². The predicted octanol–water partition coefficient (Wildman–Crippen LogP) is 0.810. The molecule has 10 nitrogen and oxygen atoms in total. The predicted molar refractivity (Wildman–Crippen MR) is 108 cm³/mol. The van der Waals surface area contributed by atoms with Gasteiger partial charge in [-0.25, -0.2) is 0 Å². The number of methoxy groups -OCH3 is 1. The van der Waals surface area contributed by atoms with Crippen LogP contribution in [0.4, 0.5) is 0 Å². The number of carbonyl (C=O) groups is 2. The van der Waals surface area contributed by atoms with Crippen molar-refractivity contribution < 1.29 is 19.4 Å². The van der Waals surface area contributed by atoms with Gasteiger partial charge in [0.25, 0.3) is 0 Å². The number of nitrogens with zero attached hydrogens (tertiary/aromatic N) is 4. The fraction of sp³-hybridized carbons (Fsp3) is 0.550. The molecule has 1 amide bonds. The summed E-state index contributed by atoms with van der Waals surface area (Å²) in [5.41, 5.74) is 0.543. The molecule has 3 rings (SSSR count). The van der Waals surface area contributed by atoms with E-state index >= 15 is 0 Å². The molecular formula is C20H27N5O5. The maximum atomic E-state index is 12.1. The number of unbranched alkanes of at least 4 members (excludes halogenated alkanes) is 1. The van der Waals surface area contributed by atoms with Crippen LogP contribution in [-0.4, -0.2) is 56.3 Å². The lowest BCUT2D eigenvalue weighted by Gasteiger charge is -2.44. The van der Waals surface area contributed by atoms with Crippen molar-refractivity contribution in [2.45, 2.75) is 44.7 Å². The first-order chi connectivity index (χ1) is 14.3. The Morgan fingerprint density at radius 1 is 1.30 bits per heavy atom. The number of aliphatic carboxylic acids is 1. The molecule has 0 spiro atoms. The summed E-state index contributed by atoms with van der Waals surface area (Å²) in [6.07, 6.45) is 6.15. The van der Waals surface area contributed by atoms with Crippen LogP contribution in [-0.2, 0) is 27.9 Å². The molecule has 0 aromatic carbocycles. The first-order valence-electron chi connectivity index (χ1n) is 9.92. The molecule has 1 aliphatic rings. The number of aryl methyl sites for hydroxylation is 2. The van der Waals surface area contributed by atoms with E-state index in [9.17, 15) is 19.5 Å². The van der Waals surface area contributed by atoms with Crippen molar-refractivity contribution in [3.8, 4) is 11.3 Å². The number of aromatic nitrogens is 4. The van der Waals surface area contributed by atoms with Crippen LogP contribution in [0.2, 0.25) is 0 Å². The average Bonchev–Trinajstić information content (AvgIpc) is 3.14. The second-order valence-corrected chi connectivity index (χ2v) is 7.88. The molecule has 162 valence electrons. The van der Waals surface area contributed by atoms with Crippen LogP contribution >= 0.6 is 0 Å². The van der Waals surface area contributed by atoms with E-state index in [0.29, 0.717) is 37.9 Å². The van der Waals surface area contributed by atoms with Gasteiger partial charge in [0.15, 0.2) is 0 Å². The largest absolute Gasteiger partial charge is 0.481 e. The molecule has 0 aliphatic heterocycles. The lowest BCUT2D eigenvalue weighted by molar-refractivity contribution is -0.162. The fourth-order valence-corrected chi connectivity index (χ4v) is 3.76. The maximum absolute atomic E-state index is 12.1. The Bertz CT molecular complexity index is 960. The van der Waals surface area contributed by atoms with E-state index in [1.165, 1.54) is 17.7 Å². The highest BCUT2D eigenvalue weighted by atomic mass is 16.5. The van der Waals surface area contributed by atoms with Gasteiger partial charge in [-0.2, -0.15) is 0 Å². The molecule has 2 heterocycles. The summed E-state index contributed by atoms with van der Waals surface area (Å²) < 4.78 is 8.21. The minimum Gasteiger partial charge on any atom is -0.481 e. The van der Waals surface area contributed by atoms with Gasteiger partial charge in [-0.15, -0.1) is 5.10 Å². The molecule has 0 bridgehead atoms. The van der Waals surface area contributed by atoms with Crippen molar-refractivity contribution in [1.29, 1.82) is 0 Å². The van der Waals surface area contributed by atoms with Crippen molar-refractivity contribution in [2.24, 2.45) is 12.5 Å². The third-order valence-electron chi connectivity index (χ3n) is 5.47. The van der Waals surface area contributed by atoms with Crippen LogP contribution in [0, 0.1) is 5.41 Å². The molecule has 0 unspecified atom stereocenters. The van der Waals surface area contributed by atoms with Gasteiger partial charge < -0.3 is 19.7 Å². The summed E-state index contributed by atoms with van der Waals surface area (Å²) in [5, 5.41) is 20.5. The van der Waals surface area contributed by atoms with Crippen LogP contribution in [0.25, 0.3) is 11.3 Å². The summed E-state index contributed by atoms with van der Waals surface area (Å²) in [5.74, 6) is -0.944. The van der Waals surface area contributed by atoms with Gasteiger partial charge in [0.2, 0.25) is 11.5 Å². The zero-order chi connectivity index (χ0) is 21.7. The lowest BCUT2D eigenvalue weighted by Crippen LogP contribution is -2.56. The van der Waals surface area contributed by atoms with E-state index in [0.717, 1.165) is 12.0 Å². The number of rotatable bonds is 10. The van der Waals surface area contributed by atoms with Crippen molar-refractivity contribution in [1.82, 2.24) is 24.9 Å². The minimum absolute atomic E-state index is 0.0686. The number of pyridine rings is 1. The molecule has 10 heteroatoms. The van der Waals surface area contributed by atoms with Crippen LogP contribution < -0.4 is 10.9 Å². The quantitative estimate of drug-likeness (QED) is 0.547. The third-order valence-corrected chi connectivity index (χ3v) is 5.47. The number of nitrogens with one attached hydrogen (secondary N) is 1. The molecular weight excluding hydrogens is 390 g/mol. The van der Waals surface area contributed by atoms with Gasteiger partial charge in [0, 0.05) is 51.0 Å². The van der Waals surface area contributed by atoms with Crippen molar-refractivity contribution in [3.05, 3.63) is 34.9 Å². The molecule has 0 saturated heterocycles.